The highest BCUT2D eigenvalue weighted by Crippen LogP contribution is 2.15. The molecule has 0 radical (unpaired) electrons. The Labute approximate surface area is 90.1 Å². The van der Waals surface area contributed by atoms with Crippen LogP contribution in [0.15, 0.2) is 12.3 Å². The average Bonchev–Trinajstić information content (AvgIpc) is 2.14. The molecule has 1 aromatic rings. The van der Waals surface area contributed by atoms with E-state index >= 15 is 0 Å². The molecule has 0 atom stereocenters. The van der Waals surface area contributed by atoms with Crippen LogP contribution in [0.3, 0.4) is 0 Å². The molecule has 0 aromatic carbocycles. The van der Waals surface area contributed by atoms with E-state index in [2.05, 4.69) is 28.9 Å². The molecule has 14 heavy (non-hydrogen) atoms. The van der Waals surface area contributed by atoms with E-state index in [4.69, 9.17) is 11.6 Å². The summed E-state index contributed by atoms with van der Waals surface area (Å²) in [5.74, 6) is 0.711. The van der Waals surface area contributed by atoms with Crippen LogP contribution in [-0.2, 0) is 0 Å². The van der Waals surface area contributed by atoms with Crippen LogP contribution in [0, 0.1) is 5.92 Å². The van der Waals surface area contributed by atoms with Gasteiger partial charge in [0.15, 0.2) is 5.15 Å². The van der Waals surface area contributed by atoms with Crippen molar-refractivity contribution in [1.29, 1.82) is 0 Å². The molecule has 0 aliphatic carbocycles. The first-order valence-electron chi connectivity index (χ1n) is 4.79. The lowest BCUT2D eigenvalue weighted by Gasteiger charge is -2.19. The quantitative estimate of drug-likeness (QED) is 0.770. The zero-order chi connectivity index (χ0) is 10.6. The Bertz CT molecular complexity index is 288. The van der Waals surface area contributed by atoms with Gasteiger partial charge in [0, 0.05) is 19.7 Å². The largest absolute Gasteiger partial charge is 0.373 e. The SMILES string of the molecule is CC(C)CCN(C)c1cnnc(Cl)c1. The molecule has 0 fully saturated rings. The van der Waals surface area contributed by atoms with Gasteiger partial charge in [0.05, 0.1) is 11.9 Å². The lowest BCUT2D eigenvalue weighted by atomic mass is 10.1. The average molecular weight is 214 g/mol. The number of hydrogen-bond donors (Lipinski definition) is 0. The lowest BCUT2D eigenvalue weighted by Crippen LogP contribution is -2.20. The maximum absolute atomic E-state index is 5.75. The minimum Gasteiger partial charge on any atom is -0.373 e. The molecular formula is C10H16ClN3. The molecule has 1 aromatic heterocycles. The molecule has 0 aliphatic heterocycles. The first kappa shape index (κ1) is 11.2. The Balaban J connectivity index is 2.56. The van der Waals surface area contributed by atoms with Crippen LogP contribution in [-0.4, -0.2) is 23.8 Å². The third-order valence-corrected chi connectivity index (χ3v) is 2.28. The van der Waals surface area contributed by atoms with Gasteiger partial charge in [-0.15, -0.1) is 5.10 Å². The van der Waals surface area contributed by atoms with Crippen molar-refractivity contribution in [3.63, 3.8) is 0 Å². The van der Waals surface area contributed by atoms with Gasteiger partial charge in [-0.25, -0.2) is 0 Å². The maximum Gasteiger partial charge on any atom is 0.153 e. The molecule has 0 saturated carbocycles. The Hall–Kier alpha value is -0.830. The molecule has 0 amide bonds. The standard InChI is InChI=1S/C10H16ClN3/c1-8(2)4-5-14(3)9-6-10(11)13-12-7-9/h6-8H,4-5H2,1-3H3. The zero-order valence-corrected chi connectivity index (χ0v) is 9.62. The highest BCUT2D eigenvalue weighted by atomic mass is 35.5. The Kier molecular flexibility index (Phi) is 4.14. The summed E-state index contributed by atoms with van der Waals surface area (Å²) in [6.07, 6.45) is 2.89. The van der Waals surface area contributed by atoms with Crippen molar-refractivity contribution in [1.82, 2.24) is 10.2 Å². The van der Waals surface area contributed by atoms with Crippen LogP contribution < -0.4 is 4.90 Å². The zero-order valence-electron chi connectivity index (χ0n) is 8.87. The molecule has 0 aliphatic rings. The van der Waals surface area contributed by atoms with E-state index in [1.54, 1.807) is 6.20 Å². The van der Waals surface area contributed by atoms with E-state index in [0.717, 1.165) is 18.7 Å². The second-order valence-electron chi connectivity index (χ2n) is 3.84. The number of rotatable bonds is 4. The maximum atomic E-state index is 5.75. The molecular weight excluding hydrogens is 198 g/mol. The number of halogens is 1. The van der Waals surface area contributed by atoms with Crippen LogP contribution in [0.2, 0.25) is 5.15 Å². The van der Waals surface area contributed by atoms with Gasteiger partial charge in [-0.3, -0.25) is 0 Å². The van der Waals surface area contributed by atoms with Gasteiger partial charge in [-0.2, -0.15) is 5.10 Å². The normalized spacial score (nSPS) is 10.6. The van der Waals surface area contributed by atoms with Gasteiger partial charge < -0.3 is 4.90 Å². The highest BCUT2D eigenvalue weighted by Gasteiger charge is 2.03. The van der Waals surface area contributed by atoms with Crippen LogP contribution in [0.5, 0.6) is 0 Å². The van der Waals surface area contributed by atoms with Crippen molar-refractivity contribution in [2.24, 2.45) is 5.92 Å². The van der Waals surface area contributed by atoms with Gasteiger partial charge in [0.25, 0.3) is 0 Å². The van der Waals surface area contributed by atoms with Crippen molar-refractivity contribution in [2.75, 3.05) is 18.5 Å². The number of aromatic nitrogens is 2. The van der Waals surface area contributed by atoms with Gasteiger partial charge in [-0.05, 0) is 12.3 Å². The molecule has 0 saturated heterocycles. The second-order valence-corrected chi connectivity index (χ2v) is 4.23. The van der Waals surface area contributed by atoms with E-state index in [9.17, 15) is 0 Å². The van der Waals surface area contributed by atoms with E-state index in [-0.39, 0.29) is 0 Å². The summed E-state index contributed by atoms with van der Waals surface area (Å²) in [6.45, 7) is 5.44. The van der Waals surface area contributed by atoms with Crippen molar-refractivity contribution >= 4 is 17.3 Å². The Morgan fingerprint density at radius 1 is 1.50 bits per heavy atom. The fourth-order valence-electron chi connectivity index (χ4n) is 1.12. The van der Waals surface area contributed by atoms with Crippen molar-refractivity contribution < 1.29 is 0 Å². The molecule has 1 rings (SSSR count). The molecule has 4 heteroatoms. The summed E-state index contributed by atoms with van der Waals surface area (Å²) in [5, 5.41) is 7.96. The number of hydrogen-bond acceptors (Lipinski definition) is 3. The summed E-state index contributed by atoms with van der Waals surface area (Å²) >= 11 is 5.75. The molecule has 0 bridgehead atoms. The van der Waals surface area contributed by atoms with E-state index in [1.807, 2.05) is 13.1 Å². The van der Waals surface area contributed by atoms with Gasteiger partial charge in [-0.1, -0.05) is 25.4 Å². The van der Waals surface area contributed by atoms with Crippen molar-refractivity contribution in [3.05, 3.63) is 17.4 Å². The van der Waals surface area contributed by atoms with Crippen LogP contribution in [0.1, 0.15) is 20.3 Å². The predicted octanol–water partition coefficient (Wildman–Crippen LogP) is 2.61. The third kappa shape index (κ3) is 3.50. The van der Waals surface area contributed by atoms with Crippen LogP contribution in [0.25, 0.3) is 0 Å². The minimum atomic E-state index is 0.443. The molecule has 1 heterocycles. The van der Waals surface area contributed by atoms with Gasteiger partial charge >= 0.3 is 0 Å². The fraction of sp³-hybridized carbons (Fsp3) is 0.600. The topological polar surface area (TPSA) is 29.0 Å². The predicted molar refractivity (Wildman–Crippen MR) is 59.8 cm³/mol. The third-order valence-electron chi connectivity index (χ3n) is 2.09. The summed E-state index contributed by atoms with van der Waals surface area (Å²) in [6, 6.07) is 1.83. The molecule has 78 valence electrons. The summed E-state index contributed by atoms with van der Waals surface area (Å²) in [4.78, 5) is 2.14. The fourth-order valence-corrected chi connectivity index (χ4v) is 1.28. The molecule has 0 spiro atoms. The Morgan fingerprint density at radius 2 is 2.21 bits per heavy atom. The van der Waals surface area contributed by atoms with E-state index in [0.29, 0.717) is 11.1 Å². The summed E-state index contributed by atoms with van der Waals surface area (Å²) < 4.78 is 0. The summed E-state index contributed by atoms with van der Waals surface area (Å²) in [5.41, 5.74) is 1.02. The van der Waals surface area contributed by atoms with Crippen molar-refractivity contribution in [2.45, 2.75) is 20.3 Å². The molecule has 0 N–H and O–H groups in total. The van der Waals surface area contributed by atoms with Crippen LogP contribution >= 0.6 is 11.6 Å². The van der Waals surface area contributed by atoms with E-state index in [1.165, 1.54) is 0 Å². The Morgan fingerprint density at radius 3 is 2.79 bits per heavy atom. The summed E-state index contributed by atoms with van der Waals surface area (Å²) in [7, 11) is 2.04. The number of anilines is 1. The molecule has 3 nitrogen and oxygen atoms in total. The second kappa shape index (κ2) is 5.15. The first-order chi connectivity index (χ1) is 6.59. The number of nitrogens with zero attached hydrogens (tertiary/aromatic N) is 3. The van der Waals surface area contributed by atoms with E-state index < -0.39 is 0 Å². The van der Waals surface area contributed by atoms with Crippen molar-refractivity contribution in [3.8, 4) is 0 Å². The van der Waals surface area contributed by atoms with Crippen LogP contribution in [0.4, 0.5) is 5.69 Å². The highest BCUT2D eigenvalue weighted by molar-refractivity contribution is 6.29. The van der Waals surface area contributed by atoms with Gasteiger partial charge in [0.2, 0.25) is 0 Å². The van der Waals surface area contributed by atoms with Gasteiger partial charge in [0.1, 0.15) is 0 Å². The smallest absolute Gasteiger partial charge is 0.153 e. The monoisotopic (exact) mass is 213 g/mol. The first-order valence-corrected chi connectivity index (χ1v) is 5.16. The lowest BCUT2D eigenvalue weighted by molar-refractivity contribution is 0.585. The minimum absolute atomic E-state index is 0.443. The molecule has 0 unspecified atom stereocenters.